The topological polar surface area (TPSA) is 46.5 Å². The molecule has 0 radical (unpaired) electrons. The lowest BCUT2D eigenvalue weighted by molar-refractivity contribution is -0.143. The van der Waals surface area contributed by atoms with Crippen LogP contribution in [-0.4, -0.2) is 17.7 Å². The molecule has 0 saturated carbocycles. The van der Waals surface area contributed by atoms with Gasteiger partial charge in [-0.3, -0.25) is 4.79 Å². The van der Waals surface area contributed by atoms with Crippen LogP contribution in [0.3, 0.4) is 0 Å². The number of alkyl halides is 2. The van der Waals surface area contributed by atoms with Crippen LogP contribution in [0.4, 0.5) is 8.78 Å². The van der Waals surface area contributed by atoms with E-state index in [0.717, 1.165) is 0 Å². The summed E-state index contributed by atoms with van der Waals surface area (Å²) in [6.07, 6.45) is 0.414. The van der Waals surface area contributed by atoms with E-state index < -0.39 is 18.0 Å². The lowest BCUT2D eigenvalue weighted by Gasteiger charge is -2.23. The first kappa shape index (κ1) is 13.4. The van der Waals surface area contributed by atoms with Crippen molar-refractivity contribution in [2.75, 3.05) is 0 Å². The third-order valence-electron chi connectivity index (χ3n) is 2.90. The molecule has 0 amide bonds. The van der Waals surface area contributed by atoms with Gasteiger partial charge in [0.25, 0.3) is 0 Å². The molecule has 0 aromatic heterocycles. The highest BCUT2D eigenvalue weighted by molar-refractivity contribution is 5.80. The molecule has 1 atom stereocenters. The van der Waals surface area contributed by atoms with Crippen molar-refractivity contribution in [3.63, 3.8) is 0 Å². The van der Waals surface area contributed by atoms with Gasteiger partial charge in [0.1, 0.15) is 5.75 Å². The molecule has 1 N–H and O–H groups in total. The van der Waals surface area contributed by atoms with Crippen molar-refractivity contribution >= 4 is 5.97 Å². The lowest BCUT2D eigenvalue weighted by atomic mass is 9.80. The Morgan fingerprint density at radius 1 is 1.41 bits per heavy atom. The molecular weight excluding hydrogens is 230 g/mol. The first-order valence-corrected chi connectivity index (χ1v) is 5.19. The van der Waals surface area contributed by atoms with Gasteiger partial charge in [0.15, 0.2) is 0 Å². The summed E-state index contributed by atoms with van der Waals surface area (Å²) in [6, 6.07) is 5.68. The van der Waals surface area contributed by atoms with E-state index in [4.69, 9.17) is 5.11 Å². The van der Waals surface area contributed by atoms with Crippen LogP contribution in [-0.2, 0) is 10.2 Å². The summed E-state index contributed by atoms with van der Waals surface area (Å²) in [7, 11) is 0. The Balaban J connectivity index is 2.97. The van der Waals surface area contributed by atoms with Crippen molar-refractivity contribution in [2.24, 2.45) is 0 Å². The second-order valence-electron chi connectivity index (χ2n) is 3.89. The standard InChI is InChI=1S/C12H14F2O3/c1-3-12(2,10(15)16)8-4-6-9(7-5-8)17-11(13)14/h4-7,11H,3H2,1-2H3,(H,15,16). The molecule has 1 rings (SSSR count). The maximum atomic E-state index is 11.9. The molecule has 1 aromatic rings. The van der Waals surface area contributed by atoms with Crippen molar-refractivity contribution in [3.8, 4) is 5.75 Å². The van der Waals surface area contributed by atoms with E-state index in [1.807, 2.05) is 0 Å². The third kappa shape index (κ3) is 2.93. The minimum atomic E-state index is -2.88. The van der Waals surface area contributed by atoms with Crippen molar-refractivity contribution < 1.29 is 23.4 Å². The van der Waals surface area contributed by atoms with Gasteiger partial charge < -0.3 is 9.84 Å². The Morgan fingerprint density at radius 3 is 2.29 bits per heavy atom. The van der Waals surface area contributed by atoms with Crippen LogP contribution >= 0.6 is 0 Å². The van der Waals surface area contributed by atoms with Gasteiger partial charge in [0.05, 0.1) is 5.41 Å². The zero-order valence-corrected chi connectivity index (χ0v) is 9.61. The van der Waals surface area contributed by atoms with Gasteiger partial charge in [-0.1, -0.05) is 19.1 Å². The van der Waals surface area contributed by atoms with E-state index in [-0.39, 0.29) is 5.75 Å². The summed E-state index contributed by atoms with van der Waals surface area (Å²) in [6.45, 7) is 0.480. The predicted octanol–water partition coefficient (Wildman–Crippen LogP) is 3.04. The van der Waals surface area contributed by atoms with Crippen LogP contribution in [0.2, 0.25) is 0 Å². The lowest BCUT2D eigenvalue weighted by Crippen LogP contribution is -2.31. The SMILES string of the molecule is CCC(C)(C(=O)O)c1ccc(OC(F)F)cc1. The summed E-state index contributed by atoms with van der Waals surface area (Å²) < 4.78 is 28.1. The van der Waals surface area contributed by atoms with E-state index in [1.165, 1.54) is 24.3 Å². The molecule has 0 aliphatic carbocycles. The average molecular weight is 244 g/mol. The van der Waals surface area contributed by atoms with E-state index in [1.54, 1.807) is 13.8 Å². The predicted molar refractivity (Wildman–Crippen MR) is 58.4 cm³/mol. The highest BCUT2D eigenvalue weighted by Gasteiger charge is 2.33. The molecule has 1 aromatic carbocycles. The molecule has 0 fully saturated rings. The van der Waals surface area contributed by atoms with Crippen molar-refractivity contribution in [2.45, 2.75) is 32.3 Å². The Morgan fingerprint density at radius 2 is 1.94 bits per heavy atom. The van der Waals surface area contributed by atoms with Crippen LogP contribution < -0.4 is 4.74 Å². The molecule has 94 valence electrons. The summed E-state index contributed by atoms with van der Waals surface area (Å²) in [5, 5.41) is 9.15. The maximum absolute atomic E-state index is 11.9. The molecule has 0 bridgehead atoms. The van der Waals surface area contributed by atoms with E-state index >= 15 is 0 Å². The normalized spacial score (nSPS) is 14.4. The Labute approximate surface area is 98.0 Å². The second-order valence-corrected chi connectivity index (χ2v) is 3.89. The number of aliphatic carboxylic acids is 1. The summed E-state index contributed by atoms with van der Waals surface area (Å²) in [4.78, 5) is 11.2. The molecule has 0 spiro atoms. The number of hydrogen-bond donors (Lipinski definition) is 1. The molecule has 0 saturated heterocycles. The zero-order chi connectivity index (χ0) is 13.1. The fourth-order valence-electron chi connectivity index (χ4n) is 1.48. The third-order valence-corrected chi connectivity index (χ3v) is 2.90. The van der Waals surface area contributed by atoms with Gasteiger partial charge in [0.2, 0.25) is 0 Å². The molecular formula is C12H14F2O3. The van der Waals surface area contributed by atoms with Crippen molar-refractivity contribution in [1.82, 2.24) is 0 Å². The van der Waals surface area contributed by atoms with Gasteiger partial charge in [-0.05, 0) is 31.0 Å². The Kier molecular flexibility index (Phi) is 4.04. The number of carboxylic acid groups (broad SMARTS) is 1. The van der Waals surface area contributed by atoms with E-state index in [0.29, 0.717) is 12.0 Å². The first-order chi connectivity index (χ1) is 7.90. The molecule has 0 aliphatic rings. The van der Waals surface area contributed by atoms with Gasteiger partial charge in [-0.15, -0.1) is 0 Å². The number of carbonyl (C=O) groups is 1. The summed E-state index contributed by atoms with van der Waals surface area (Å²) in [5.41, 5.74) is -0.447. The minimum absolute atomic E-state index is 0.0209. The minimum Gasteiger partial charge on any atom is -0.481 e. The fourth-order valence-corrected chi connectivity index (χ4v) is 1.48. The van der Waals surface area contributed by atoms with Crippen LogP contribution in [0.5, 0.6) is 5.75 Å². The number of ether oxygens (including phenoxy) is 1. The summed E-state index contributed by atoms with van der Waals surface area (Å²) in [5.74, 6) is -0.921. The van der Waals surface area contributed by atoms with Crippen LogP contribution in [0.1, 0.15) is 25.8 Å². The average Bonchev–Trinajstić information content (AvgIpc) is 2.28. The monoisotopic (exact) mass is 244 g/mol. The molecule has 0 heterocycles. The molecule has 1 unspecified atom stereocenters. The highest BCUT2D eigenvalue weighted by Crippen LogP contribution is 2.29. The molecule has 17 heavy (non-hydrogen) atoms. The molecule has 5 heteroatoms. The van der Waals surface area contributed by atoms with Crippen LogP contribution in [0.25, 0.3) is 0 Å². The van der Waals surface area contributed by atoms with E-state index in [9.17, 15) is 13.6 Å². The summed E-state index contributed by atoms with van der Waals surface area (Å²) >= 11 is 0. The van der Waals surface area contributed by atoms with Gasteiger partial charge in [-0.2, -0.15) is 8.78 Å². The molecule has 0 aliphatic heterocycles. The van der Waals surface area contributed by atoms with Gasteiger partial charge in [-0.25, -0.2) is 0 Å². The van der Waals surface area contributed by atoms with Crippen molar-refractivity contribution in [3.05, 3.63) is 29.8 Å². The van der Waals surface area contributed by atoms with Gasteiger partial charge >= 0.3 is 12.6 Å². The second kappa shape index (κ2) is 5.12. The maximum Gasteiger partial charge on any atom is 0.387 e. The number of halogens is 2. The fraction of sp³-hybridized carbons (Fsp3) is 0.417. The number of rotatable bonds is 5. The van der Waals surface area contributed by atoms with E-state index in [2.05, 4.69) is 4.74 Å². The smallest absolute Gasteiger partial charge is 0.387 e. The number of hydrogen-bond acceptors (Lipinski definition) is 2. The van der Waals surface area contributed by atoms with Crippen LogP contribution in [0.15, 0.2) is 24.3 Å². The number of benzene rings is 1. The molecule has 3 nitrogen and oxygen atoms in total. The zero-order valence-electron chi connectivity index (χ0n) is 9.61. The van der Waals surface area contributed by atoms with Crippen LogP contribution in [0, 0.1) is 0 Å². The first-order valence-electron chi connectivity index (χ1n) is 5.19. The van der Waals surface area contributed by atoms with Crippen molar-refractivity contribution in [1.29, 1.82) is 0 Å². The van der Waals surface area contributed by atoms with Gasteiger partial charge in [0, 0.05) is 0 Å². The Bertz CT molecular complexity index is 389. The highest BCUT2D eigenvalue weighted by atomic mass is 19.3. The Hall–Kier alpha value is -1.65. The largest absolute Gasteiger partial charge is 0.481 e. The number of carboxylic acids is 1. The quantitative estimate of drug-likeness (QED) is 0.865.